The van der Waals surface area contributed by atoms with Crippen LogP contribution in [-0.2, 0) is 0 Å². The predicted molar refractivity (Wildman–Crippen MR) is 131 cm³/mol. The highest BCUT2D eigenvalue weighted by Gasteiger charge is 2.24. The van der Waals surface area contributed by atoms with E-state index in [0.717, 1.165) is 23.1 Å². The third-order valence-corrected chi connectivity index (χ3v) is 6.41. The first-order valence-corrected chi connectivity index (χ1v) is 11.4. The summed E-state index contributed by atoms with van der Waals surface area (Å²) in [6.45, 7) is 8.39. The molecule has 0 unspecified atom stereocenters. The largest absolute Gasteiger partial charge is 0.340 e. The molecule has 1 saturated heterocycles. The number of benzene rings is 2. The lowest BCUT2D eigenvalue weighted by Gasteiger charge is -2.23. The van der Waals surface area contributed by atoms with Crippen molar-refractivity contribution in [3.63, 3.8) is 0 Å². The molecular formula is C25H27N7O2. The standard InChI is InChI=1S/C25H27N7O2/c1-16-5-6-22(32-26-7-8-27-32)20(13-16)24(34)30-9-4-10-31(12-11-30)25-28-21-15-18(3)17(2)14-19(21)23(33)29-25/h5-8,13-15H,4,9-12H2,1-3H3,(H,28,29,33). The van der Waals surface area contributed by atoms with Crippen molar-refractivity contribution in [3.8, 4) is 5.69 Å². The fraction of sp³-hybridized carbons (Fsp3) is 0.320. The van der Waals surface area contributed by atoms with Crippen molar-refractivity contribution in [2.45, 2.75) is 27.2 Å². The first-order valence-electron chi connectivity index (χ1n) is 11.4. The molecule has 9 nitrogen and oxygen atoms in total. The molecule has 3 heterocycles. The Kier molecular flexibility index (Phi) is 5.61. The van der Waals surface area contributed by atoms with Crippen LogP contribution < -0.4 is 10.5 Å². The van der Waals surface area contributed by atoms with Crippen molar-refractivity contribution in [2.24, 2.45) is 0 Å². The van der Waals surface area contributed by atoms with E-state index in [1.807, 2.05) is 56.0 Å². The Balaban J connectivity index is 1.40. The van der Waals surface area contributed by atoms with Gasteiger partial charge in [0.05, 0.1) is 34.5 Å². The maximum Gasteiger partial charge on any atom is 0.260 e. The topological polar surface area (TPSA) is 100 Å². The average Bonchev–Trinajstić information content (AvgIpc) is 3.24. The van der Waals surface area contributed by atoms with Crippen molar-refractivity contribution >= 4 is 22.8 Å². The van der Waals surface area contributed by atoms with E-state index in [-0.39, 0.29) is 11.5 Å². The molecule has 2 aromatic carbocycles. The van der Waals surface area contributed by atoms with Crippen LogP contribution in [0.15, 0.2) is 47.5 Å². The highest BCUT2D eigenvalue weighted by molar-refractivity contribution is 5.98. The molecule has 0 aliphatic carbocycles. The number of fused-ring (bicyclic) bond motifs is 1. The number of aromatic nitrogens is 5. The Morgan fingerprint density at radius 2 is 1.71 bits per heavy atom. The van der Waals surface area contributed by atoms with Crippen LogP contribution in [0.3, 0.4) is 0 Å². The maximum absolute atomic E-state index is 13.5. The Labute approximate surface area is 197 Å². The van der Waals surface area contributed by atoms with E-state index in [2.05, 4.69) is 20.1 Å². The second-order valence-corrected chi connectivity index (χ2v) is 8.82. The lowest BCUT2D eigenvalue weighted by molar-refractivity contribution is 0.0766. The number of H-pyrrole nitrogens is 1. The van der Waals surface area contributed by atoms with Crippen molar-refractivity contribution in [1.29, 1.82) is 0 Å². The molecule has 174 valence electrons. The van der Waals surface area contributed by atoms with Gasteiger partial charge in [-0.15, -0.1) is 0 Å². The van der Waals surface area contributed by atoms with E-state index in [4.69, 9.17) is 4.98 Å². The van der Waals surface area contributed by atoms with Gasteiger partial charge in [0, 0.05) is 26.2 Å². The second-order valence-electron chi connectivity index (χ2n) is 8.82. The van der Waals surface area contributed by atoms with Gasteiger partial charge < -0.3 is 9.80 Å². The van der Waals surface area contributed by atoms with Gasteiger partial charge in [-0.2, -0.15) is 15.0 Å². The zero-order chi connectivity index (χ0) is 23.8. The third-order valence-electron chi connectivity index (χ3n) is 6.41. The van der Waals surface area contributed by atoms with E-state index in [1.165, 1.54) is 4.80 Å². The van der Waals surface area contributed by atoms with Gasteiger partial charge in [0.2, 0.25) is 5.95 Å². The fourth-order valence-corrected chi connectivity index (χ4v) is 4.37. The van der Waals surface area contributed by atoms with Crippen molar-refractivity contribution < 1.29 is 4.79 Å². The molecule has 1 aliphatic heterocycles. The van der Waals surface area contributed by atoms with E-state index in [0.29, 0.717) is 54.3 Å². The molecule has 1 N–H and O–H groups in total. The predicted octanol–water partition coefficient (Wildman–Crippen LogP) is 2.78. The fourth-order valence-electron chi connectivity index (χ4n) is 4.37. The molecule has 34 heavy (non-hydrogen) atoms. The zero-order valence-electron chi connectivity index (χ0n) is 19.6. The molecule has 1 fully saturated rings. The molecule has 9 heteroatoms. The number of amides is 1. The monoisotopic (exact) mass is 457 g/mol. The molecule has 0 radical (unpaired) electrons. The van der Waals surface area contributed by atoms with Crippen LogP contribution in [0.5, 0.6) is 0 Å². The number of hydrogen-bond donors (Lipinski definition) is 1. The van der Waals surface area contributed by atoms with Gasteiger partial charge in [0.25, 0.3) is 11.5 Å². The van der Waals surface area contributed by atoms with Crippen LogP contribution in [-0.4, -0.2) is 61.9 Å². The van der Waals surface area contributed by atoms with E-state index in [1.54, 1.807) is 12.4 Å². The van der Waals surface area contributed by atoms with Gasteiger partial charge in [0.15, 0.2) is 0 Å². The lowest BCUT2D eigenvalue weighted by Crippen LogP contribution is -2.36. The molecule has 1 amide bonds. The molecule has 1 aliphatic rings. The maximum atomic E-state index is 13.5. The van der Waals surface area contributed by atoms with Gasteiger partial charge >= 0.3 is 0 Å². The minimum absolute atomic E-state index is 0.0519. The quantitative estimate of drug-likeness (QED) is 0.508. The summed E-state index contributed by atoms with van der Waals surface area (Å²) in [5.74, 6) is 0.496. The minimum Gasteiger partial charge on any atom is -0.340 e. The van der Waals surface area contributed by atoms with E-state index >= 15 is 0 Å². The van der Waals surface area contributed by atoms with Crippen LogP contribution in [0.2, 0.25) is 0 Å². The highest BCUT2D eigenvalue weighted by Crippen LogP contribution is 2.21. The van der Waals surface area contributed by atoms with E-state index in [9.17, 15) is 9.59 Å². The molecule has 0 atom stereocenters. The second kappa shape index (κ2) is 8.74. The number of carbonyl (C=O) groups is 1. The summed E-state index contributed by atoms with van der Waals surface area (Å²) in [6, 6.07) is 9.55. The molecular weight excluding hydrogens is 430 g/mol. The van der Waals surface area contributed by atoms with Crippen LogP contribution in [0, 0.1) is 20.8 Å². The van der Waals surface area contributed by atoms with Gasteiger partial charge in [-0.25, -0.2) is 4.98 Å². The summed E-state index contributed by atoms with van der Waals surface area (Å²) < 4.78 is 0. The lowest BCUT2D eigenvalue weighted by atomic mass is 10.1. The summed E-state index contributed by atoms with van der Waals surface area (Å²) >= 11 is 0. The summed E-state index contributed by atoms with van der Waals surface area (Å²) in [4.78, 5) is 39.3. The zero-order valence-corrected chi connectivity index (χ0v) is 19.6. The first kappa shape index (κ1) is 21.8. The molecule has 4 aromatic rings. The molecule has 0 spiro atoms. The number of aryl methyl sites for hydroxylation is 3. The summed E-state index contributed by atoms with van der Waals surface area (Å²) in [7, 11) is 0. The van der Waals surface area contributed by atoms with Crippen molar-refractivity contribution in [2.75, 3.05) is 31.1 Å². The number of nitrogens with one attached hydrogen (secondary N) is 1. The number of aromatic amines is 1. The summed E-state index contributed by atoms with van der Waals surface area (Å²) in [5.41, 5.74) is 4.95. The highest BCUT2D eigenvalue weighted by atomic mass is 16.2. The Morgan fingerprint density at radius 1 is 0.941 bits per heavy atom. The molecule has 5 rings (SSSR count). The molecule has 2 aromatic heterocycles. The summed E-state index contributed by atoms with van der Waals surface area (Å²) in [5, 5.41) is 9.00. The van der Waals surface area contributed by atoms with Gasteiger partial charge in [-0.3, -0.25) is 14.6 Å². The Morgan fingerprint density at radius 3 is 2.50 bits per heavy atom. The van der Waals surface area contributed by atoms with Crippen LogP contribution in [0.25, 0.3) is 16.6 Å². The van der Waals surface area contributed by atoms with Gasteiger partial charge in [-0.1, -0.05) is 11.6 Å². The molecule has 0 saturated carbocycles. The SMILES string of the molecule is Cc1ccc(-n2nccn2)c(C(=O)N2CCCN(c3nc4cc(C)c(C)cc4c(=O)[nH]3)CC2)c1. The minimum atomic E-state index is -0.142. The van der Waals surface area contributed by atoms with Crippen molar-refractivity contribution in [3.05, 3.63) is 75.3 Å². The Bertz CT molecular complexity index is 1430. The first-order chi connectivity index (χ1) is 16.4. The molecule has 0 bridgehead atoms. The number of nitrogens with zero attached hydrogens (tertiary/aromatic N) is 6. The van der Waals surface area contributed by atoms with Gasteiger partial charge in [-0.05, 0) is 62.6 Å². The van der Waals surface area contributed by atoms with Crippen LogP contribution in [0.1, 0.15) is 33.5 Å². The van der Waals surface area contributed by atoms with Crippen LogP contribution >= 0.6 is 0 Å². The number of anilines is 1. The summed E-state index contributed by atoms with van der Waals surface area (Å²) in [6.07, 6.45) is 3.96. The number of carbonyl (C=O) groups excluding carboxylic acids is 1. The normalized spacial score (nSPS) is 14.4. The van der Waals surface area contributed by atoms with Crippen molar-refractivity contribution in [1.82, 2.24) is 29.9 Å². The third kappa shape index (κ3) is 4.05. The van der Waals surface area contributed by atoms with E-state index < -0.39 is 0 Å². The smallest absolute Gasteiger partial charge is 0.260 e. The van der Waals surface area contributed by atoms with Gasteiger partial charge in [0.1, 0.15) is 0 Å². The van der Waals surface area contributed by atoms with Crippen LogP contribution in [0.4, 0.5) is 5.95 Å². The number of rotatable bonds is 3. The average molecular weight is 458 g/mol. The number of hydrogen-bond acceptors (Lipinski definition) is 6. The Hall–Kier alpha value is -4.01.